The van der Waals surface area contributed by atoms with Crippen molar-refractivity contribution >= 4 is 28.8 Å². The van der Waals surface area contributed by atoms with Crippen LogP contribution >= 0.6 is 0 Å². The lowest BCUT2D eigenvalue weighted by Gasteiger charge is -2.07. The smallest absolute Gasteiger partial charge is 0.130 e. The number of hydrogen-bond donors (Lipinski definition) is 1. The van der Waals surface area contributed by atoms with Crippen molar-refractivity contribution in [3.63, 3.8) is 0 Å². The second-order valence-corrected chi connectivity index (χ2v) is 5.15. The molecule has 0 saturated carbocycles. The summed E-state index contributed by atoms with van der Waals surface area (Å²) < 4.78 is 0. The van der Waals surface area contributed by atoms with Crippen LogP contribution in [0.5, 0.6) is 5.75 Å². The number of para-hydroxylation sites is 1. The van der Waals surface area contributed by atoms with Gasteiger partial charge in [0.05, 0.1) is 5.69 Å². The predicted octanol–water partition coefficient (Wildman–Crippen LogP) is 5.27. The summed E-state index contributed by atoms with van der Waals surface area (Å²) in [5.41, 5.74) is 2.86. The molecular weight excluding hydrogens is 270 g/mol. The fraction of sp³-hybridized carbons (Fsp3) is 0.0500. The summed E-state index contributed by atoms with van der Waals surface area (Å²) in [5, 5.41) is 12.4. The van der Waals surface area contributed by atoms with E-state index in [-0.39, 0.29) is 0 Å². The zero-order valence-corrected chi connectivity index (χ0v) is 12.4. The lowest BCUT2D eigenvalue weighted by molar-refractivity contribution is 0.480. The number of aliphatic imine (C=N–C) groups is 1. The Morgan fingerprint density at radius 2 is 1.59 bits per heavy atom. The van der Waals surface area contributed by atoms with Crippen LogP contribution in [0.1, 0.15) is 11.1 Å². The average Bonchev–Trinajstić information content (AvgIpc) is 2.57. The van der Waals surface area contributed by atoms with Gasteiger partial charge in [0.15, 0.2) is 0 Å². The van der Waals surface area contributed by atoms with Gasteiger partial charge in [-0.1, -0.05) is 42.5 Å². The maximum Gasteiger partial charge on any atom is 0.130 e. The Morgan fingerprint density at radius 1 is 0.909 bits per heavy atom. The monoisotopic (exact) mass is 287 g/mol. The highest BCUT2D eigenvalue weighted by molar-refractivity contribution is 5.95. The summed E-state index contributed by atoms with van der Waals surface area (Å²) in [6.45, 7) is 2.05. The second kappa shape index (κ2) is 6.27. The molecule has 3 aromatic rings. The standard InChI is InChI=1S/C20H17NO/c1-15-14-16(20(22)19-12-6-5-11-18(15)19)8-7-13-21-17-9-3-2-4-10-17/h2-14,22H,1H3/b8-7+,21-13?. The largest absolute Gasteiger partial charge is 0.507 e. The molecule has 0 atom stereocenters. The lowest BCUT2D eigenvalue weighted by Crippen LogP contribution is -1.84. The van der Waals surface area contributed by atoms with Crippen molar-refractivity contribution in [1.82, 2.24) is 0 Å². The molecule has 22 heavy (non-hydrogen) atoms. The van der Waals surface area contributed by atoms with E-state index in [4.69, 9.17) is 0 Å². The van der Waals surface area contributed by atoms with Gasteiger partial charge in [-0.05, 0) is 48.2 Å². The number of hydrogen-bond acceptors (Lipinski definition) is 2. The van der Waals surface area contributed by atoms with Crippen molar-refractivity contribution in [3.8, 4) is 5.75 Å². The Hall–Kier alpha value is -2.87. The van der Waals surface area contributed by atoms with E-state index in [0.717, 1.165) is 27.6 Å². The summed E-state index contributed by atoms with van der Waals surface area (Å²) in [4.78, 5) is 4.34. The van der Waals surface area contributed by atoms with E-state index in [1.54, 1.807) is 6.21 Å². The first-order valence-corrected chi connectivity index (χ1v) is 7.23. The Bertz CT molecular complexity index is 848. The van der Waals surface area contributed by atoms with Crippen molar-refractivity contribution in [2.75, 3.05) is 0 Å². The molecule has 0 aliphatic rings. The molecular formula is C20H17NO. The number of phenols is 1. The molecule has 0 radical (unpaired) electrons. The number of aryl methyl sites for hydroxylation is 1. The number of allylic oxidation sites excluding steroid dienone is 1. The maximum atomic E-state index is 10.4. The van der Waals surface area contributed by atoms with Gasteiger partial charge in [0.2, 0.25) is 0 Å². The molecule has 108 valence electrons. The SMILES string of the molecule is Cc1cc(/C=C/C=Nc2ccccc2)c(O)c2ccccc12. The van der Waals surface area contributed by atoms with E-state index in [9.17, 15) is 5.11 Å². The molecule has 2 nitrogen and oxygen atoms in total. The van der Waals surface area contributed by atoms with Crippen LogP contribution in [0.25, 0.3) is 16.8 Å². The first-order valence-electron chi connectivity index (χ1n) is 7.23. The molecule has 1 N–H and O–H groups in total. The van der Waals surface area contributed by atoms with Gasteiger partial charge in [-0.3, -0.25) is 4.99 Å². The number of benzene rings is 3. The van der Waals surface area contributed by atoms with E-state index < -0.39 is 0 Å². The van der Waals surface area contributed by atoms with E-state index in [1.165, 1.54) is 0 Å². The Morgan fingerprint density at radius 3 is 2.36 bits per heavy atom. The molecule has 0 fully saturated rings. The Labute approximate surface area is 130 Å². The molecule has 3 aromatic carbocycles. The first kappa shape index (κ1) is 14.1. The third-order valence-corrected chi connectivity index (χ3v) is 3.59. The zero-order chi connectivity index (χ0) is 15.4. The van der Waals surface area contributed by atoms with Gasteiger partial charge in [-0.25, -0.2) is 0 Å². The van der Waals surface area contributed by atoms with E-state index in [2.05, 4.69) is 11.9 Å². The van der Waals surface area contributed by atoms with Crippen LogP contribution in [0.4, 0.5) is 5.69 Å². The van der Waals surface area contributed by atoms with Crippen molar-refractivity contribution < 1.29 is 5.11 Å². The molecule has 0 aliphatic carbocycles. The minimum absolute atomic E-state index is 0.311. The van der Waals surface area contributed by atoms with Crippen molar-refractivity contribution in [1.29, 1.82) is 0 Å². The van der Waals surface area contributed by atoms with Crippen LogP contribution in [-0.2, 0) is 0 Å². The molecule has 2 heteroatoms. The lowest BCUT2D eigenvalue weighted by atomic mass is 10.00. The quantitative estimate of drug-likeness (QED) is 0.654. The summed E-state index contributed by atoms with van der Waals surface area (Å²) in [5.74, 6) is 0.311. The van der Waals surface area contributed by atoms with Crippen LogP contribution in [0.3, 0.4) is 0 Å². The van der Waals surface area contributed by atoms with E-state index in [0.29, 0.717) is 5.75 Å². The van der Waals surface area contributed by atoms with Crippen molar-refractivity contribution in [2.45, 2.75) is 6.92 Å². The van der Waals surface area contributed by atoms with Gasteiger partial charge >= 0.3 is 0 Å². The zero-order valence-electron chi connectivity index (χ0n) is 12.4. The van der Waals surface area contributed by atoms with Gasteiger partial charge in [0.25, 0.3) is 0 Å². The number of aromatic hydroxyl groups is 1. The highest BCUT2D eigenvalue weighted by Gasteiger charge is 2.06. The van der Waals surface area contributed by atoms with Crippen LogP contribution in [0.15, 0.2) is 71.7 Å². The first-order chi connectivity index (χ1) is 10.8. The van der Waals surface area contributed by atoms with E-state index >= 15 is 0 Å². The molecule has 0 bridgehead atoms. The third-order valence-electron chi connectivity index (χ3n) is 3.59. The molecule has 0 saturated heterocycles. The molecule has 0 aliphatic heterocycles. The summed E-state index contributed by atoms with van der Waals surface area (Å²) in [6.07, 6.45) is 5.46. The van der Waals surface area contributed by atoms with Crippen LogP contribution in [-0.4, -0.2) is 11.3 Å². The summed E-state index contributed by atoms with van der Waals surface area (Å²) in [6, 6.07) is 19.6. The second-order valence-electron chi connectivity index (χ2n) is 5.15. The average molecular weight is 287 g/mol. The molecule has 0 aromatic heterocycles. The van der Waals surface area contributed by atoms with Gasteiger partial charge in [-0.2, -0.15) is 0 Å². The van der Waals surface area contributed by atoms with Crippen molar-refractivity contribution in [3.05, 3.63) is 77.9 Å². The van der Waals surface area contributed by atoms with Crippen LogP contribution in [0, 0.1) is 6.92 Å². The van der Waals surface area contributed by atoms with Gasteiger partial charge in [0.1, 0.15) is 5.75 Å². The van der Waals surface area contributed by atoms with Gasteiger partial charge in [0, 0.05) is 17.2 Å². The van der Waals surface area contributed by atoms with Gasteiger partial charge in [-0.15, -0.1) is 0 Å². The Kier molecular flexibility index (Phi) is 4.01. The fourth-order valence-corrected chi connectivity index (χ4v) is 2.49. The number of rotatable bonds is 3. The maximum absolute atomic E-state index is 10.4. The molecule has 0 heterocycles. The topological polar surface area (TPSA) is 32.6 Å². The molecule has 0 unspecified atom stereocenters. The number of phenolic OH excluding ortho intramolecular Hbond substituents is 1. The molecule has 0 amide bonds. The van der Waals surface area contributed by atoms with Gasteiger partial charge < -0.3 is 5.11 Å². The predicted molar refractivity (Wildman–Crippen MR) is 94.0 cm³/mol. The molecule has 3 rings (SSSR count). The van der Waals surface area contributed by atoms with E-state index in [1.807, 2.05) is 72.8 Å². The third kappa shape index (κ3) is 2.91. The molecule has 0 spiro atoms. The minimum atomic E-state index is 0.311. The summed E-state index contributed by atoms with van der Waals surface area (Å²) >= 11 is 0. The highest BCUT2D eigenvalue weighted by atomic mass is 16.3. The number of nitrogens with zero attached hydrogens (tertiary/aromatic N) is 1. The van der Waals surface area contributed by atoms with Crippen LogP contribution in [0.2, 0.25) is 0 Å². The minimum Gasteiger partial charge on any atom is -0.507 e. The fourth-order valence-electron chi connectivity index (χ4n) is 2.49. The summed E-state index contributed by atoms with van der Waals surface area (Å²) in [7, 11) is 0. The van der Waals surface area contributed by atoms with Crippen molar-refractivity contribution in [2.24, 2.45) is 4.99 Å². The Balaban J connectivity index is 1.89. The normalized spacial score (nSPS) is 11.7. The van der Waals surface area contributed by atoms with Crippen LogP contribution < -0.4 is 0 Å². The highest BCUT2D eigenvalue weighted by Crippen LogP contribution is 2.32. The number of fused-ring (bicyclic) bond motifs is 1.